The molecule has 4 rings (SSSR count). The third-order valence-corrected chi connectivity index (χ3v) is 5.58. The third kappa shape index (κ3) is 2.85. The highest BCUT2D eigenvalue weighted by Crippen LogP contribution is 2.41. The van der Waals surface area contributed by atoms with Crippen LogP contribution in [0.4, 0.5) is 10.5 Å². The Morgan fingerprint density at radius 2 is 1.86 bits per heavy atom. The molecule has 1 spiro atoms. The average molecular weight is 377 g/mol. The van der Waals surface area contributed by atoms with Crippen LogP contribution in [0, 0.1) is 0 Å². The Morgan fingerprint density at radius 1 is 1.14 bits per heavy atom. The largest absolute Gasteiger partial charge is 0.325 e. The second-order valence-corrected chi connectivity index (χ2v) is 7.67. The molecular weight excluding hydrogens is 354 g/mol. The van der Waals surface area contributed by atoms with Gasteiger partial charge in [-0.05, 0) is 41.5 Å². The minimum atomic E-state index is -1.04. The van der Waals surface area contributed by atoms with E-state index in [9.17, 15) is 14.4 Å². The van der Waals surface area contributed by atoms with Gasteiger partial charge in [0, 0.05) is 5.69 Å². The number of imide groups is 1. The van der Waals surface area contributed by atoms with Gasteiger partial charge in [-0.2, -0.15) is 0 Å². The molecule has 1 fully saturated rings. The lowest BCUT2D eigenvalue weighted by Gasteiger charge is -2.22. The standard InChI is InChI=1S/C22H23N3O3/c1-14(2)16-8-4-6-10-18(16)23-19(26)13-25-20(27)22(24-21(25)28)12-11-15-7-3-5-9-17(15)22/h3-10,14H,11-13H2,1-2H3,(H,23,26)(H,24,28). The summed E-state index contributed by atoms with van der Waals surface area (Å²) in [7, 11) is 0. The smallest absolute Gasteiger partial charge is 0.324 e. The summed E-state index contributed by atoms with van der Waals surface area (Å²) >= 11 is 0. The number of rotatable bonds is 4. The molecule has 6 heteroatoms. The summed E-state index contributed by atoms with van der Waals surface area (Å²) in [6.45, 7) is 3.79. The van der Waals surface area contributed by atoms with E-state index in [0.717, 1.165) is 28.0 Å². The van der Waals surface area contributed by atoms with Crippen molar-refractivity contribution in [3.8, 4) is 0 Å². The van der Waals surface area contributed by atoms with Crippen molar-refractivity contribution >= 4 is 23.5 Å². The summed E-state index contributed by atoms with van der Waals surface area (Å²) in [5.74, 6) is -0.499. The molecule has 2 N–H and O–H groups in total. The maximum atomic E-state index is 13.1. The fourth-order valence-electron chi connectivity index (χ4n) is 4.18. The van der Waals surface area contributed by atoms with Gasteiger partial charge in [0.2, 0.25) is 5.91 Å². The van der Waals surface area contributed by atoms with Crippen LogP contribution in [0.1, 0.15) is 42.9 Å². The van der Waals surface area contributed by atoms with E-state index in [1.807, 2.05) is 62.4 Å². The van der Waals surface area contributed by atoms with Gasteiger partial charge in [-0.15, -0.1) is 0 Å². The molecule has 4 amide bonds. The van der Waals surface area contributed by atoms with E-state index < -0.39 is 11.6 Å². The van der Waals surface area contributed by atoms with Gasteiger partial charge in [0.1, 0.15) is 12.1 Å². The summed E-state index contributed by atoms with van der Waals surface area (Å²) in [6.07, 6.45) is 1.25. The van der Waals surface area contributed by atoms with E-state index in [4.69, 9.17) is 0 Å². The number of fused-ring (bicyclic) bond motifs is 2. The highest BCUT2D eigenvalue weighted by atomic mass is 16.2. The number of amides is 4. The molecule has 2 aliphatic rings. The number of para-hydroxylation sites is 1. The summed E-state index contributed by atoms with van der Waals surface area (Å²) in [5.41, 5.74) is 2.57. The van der Waals surface area contributed by atoms with Crippen LogP contribution >= 0.6 is 0 Å². The van der Waals surface area contributed by atoms with Crippen LogP contribution in [-0.4, -0.2) is 29.3 Å². The van der Waals surface area contributed by atoms with Crippen LogP contribution in [0.15, 0.2) is 48.5 Å². The summed E-state index contributed by atoms with van der Waals surface area (Å²) in [4.78, 5) is 39.3. The molecular formula is C22H23N3O3. The molecule has 1 atom stereocenters. The molecule has 1 aliphatic carbocycles. The second kappa shape index (κ2) is 6.78. The third-order valence-electron chi connectivity index (χ3n) is 5.58. The lowest BCUT2D eigenvalue weighted by atomic mass is 9.92. The predicted molar refractivity (Wildman–Crippen MR) is 106 cm³/mol. The molecule has 1 unspecified atom stereocenters. The van der Waals surface area contributed by atoms with Crippen molar-refractivity contribution in [1.82, 2.24) is 10.2 Å². The molecule has 0 aromatic heterocycles. The Hall–Kier alpha value is -3.15. The first-order valence-corrected chi connectivity index (χ1v) is 9.53. The van der Waals surface area contributed by atoms with E-state index in [2.05, 4.69) is 10.6 Å². The second-order valence-electron chi connectivity index (χ2n) is 7.67. The van der Waals surface area contributed by atoms with Crippen LogP contribution in [-0.2, 0) is 21.5 Å². The SMILES string of the molecule is CC(C)c1ccccc1NC(=O)CN1C(=O)NC2(CCc3ccccc32)C1=O. The zero-order valence-electron chi connectivity index (χ0n) is 16.0. The predicted octanol–water partition coefficient (Wildman–Crippen LogP) is 3.14. The quantitative estimate of drug-likeness (QED) is 0.804. The van der Waals surface area contributed by atoms with Crippen molar-refractivity contribution in [3.05, 3.63) is 65.2 Å². The summed E-state index contributed by atoms with van der Waals surface area (Å²) < 4.78 is 0. The normalized spacial score (nSPS) is 20.6. The molecule has 1 heterocycles. The molecule has 0 bridgehead atoms. The number of nitrogens with zero attached hydrogens (tertiary/aromatic N) is 1. The molecule has 144 valence electrons. The molecule has 6 nitrogen and oxygen atoms in total. The van der Waals surface area contributed by atoms with Gasteiger partial charge >= 0.3 is 6.03 Å². The first kappa shape index (κ1) is 18.2. The van der Waals surface area contributed by atoms with Crippen molar-refractivity contribution < 1.29 is 14.4 Å². The highest BCUT2D eigenvalue weighted by Gasteiger charge is 2.55. The first-order valence-electron chi connectivity index (χ1n) is 9.53. The molecule has 0 radical (unpaired) electrons. The number of nitrogens with one attached hydrogen (secondary N) is 2. The van der Waals surface area contributed by atoms with Crippen LogP contribution in [0.2, 0.25) is 0 Å². The van der Waals surface area contributed by atoms with Gasteiger partial charge in [0.25, 0.3) is 5.91 Å². The van der Waals surface area contributed by atoms with Crippen molar-refractivity contribution in [2.24, 2.45) is 0 Å². The van der Waals surface area contributed by atoms with Crippen LogP contribution in [0.5, 0.6) is 0 Å². The fraction of sp³-hybridized carbons (Fsp3) is 0.318. The van der Waals surface area contributed by atoms with Gasteiger partial charge in [-0.3, -0.25) is 14.5 Å². The Kier molecular flexibility index (Phi) is 4.41. The van der Waals surface area contributed by atoms with Gasteiger partial charge in [-0.25, -0.2) is 4.79 Å². The Balaban J connectivity index is 1.53. The fourth-order valence-corrected chi connectivity index (χ4v) is 4.18. The number of anilines is 1. The number of aryl methyl sites for hydroxylation is 1. The van der Waals surface area contributed by atoms with E-state index in [-0.39, 0.29) is 24.3 Å². The van der Waals surface area contributed by atoms with Gasteiger partial charge < -0.3 is 10.6 Å². The van der Waals surface area contributed by atoms with Crippen molar-refractivity contribution in [1.29, 1.82) is 0 Å². The lowest BCUT2D eigenvalue weighted by molar-refractivity contribution is -0.134. The maximum absolute atomic E-state index is 13.1. The van der Waals surface area contributed by atoms with Crippen LogP contribution in [0.3, 0.4) is 0 Å². The lowest BCUT2D eigenvalue weighted by Crippen LogP contribution is -2.43. The number of hydrogen-bond donors (Lipinski definition) is 2. The summed E-state index contributed by atoms with van der Waals surface area (Å²) in [6, 6.07) is 14.7. The van der Waals surface area contributed by atoms with Crippen molar-refractivity contribution in [3.63, 3.8) is 0 Å². The van der Waals surface area contributed by atoms with Gasteiger partial charge in [0.15, 0.2) is 0 Å². The minimum Gasteiger partial charge on any atom is -0.324 e. The molecule has 28 heavy (non-hydrogen) atoms. The number of carbonyl (C=O) groups excluding carboxylic acids is 3. The monoisotopic (exact) mass is 377 g/mol. The number of urea groups is 1. The number of carbonyl (C=O) groups is 3. The highest BCUT2D eigenvalue weighted by molar-refractivity contribution is 6.11. The molecule has 0 saturated carbocycles. The minimum absolute atomic E-state index is 0.242. The average Bonchev–Trinajstić information content (AvgIpc) is 3.16. The zero-order chi connectivity index (χ0) is 19.9. The van der Waals surface area contributed by atoms with Gasteiger partial charge in [0.05, 0.1) is 0 Å². The van der Waals surface area contributed by atoms with E-state index in [1.165, 1.54) is 0 Å². The van der Waals surface area contributed by atoms with Crippen molar-refractivity contribution in [2.75, 3.05) is 11.9 Å². The van der Waals surface area contributed by atoms with E-state index in [1.54, 1.807) is 0 Å². The van der Waals surface area contributed by atoms with Crippen LogP contribution in [0.25, 0.3) is 0 Å². The zero-order valence-corrected chi connectivity index (χ0v) is 16.0. The van der Waals surface area contributed by atoms with Crippen molar-refractivity contribution in [2.45, 2.75) is 38.1 Å². The molecule has 1 aliphatic heterocycles. The topological polar surface area (TPSA) is 78.5 Å². The summed E-state index contributed by atoms with van der Waals surface area (Å²) in [5, 5.41) is 5.69. The Bertz CT molecular complexity index is 969. The Labute approximate surface area is 163 Å². The van der Waals surface area contributed by atoms with E-state index >= 15 is 0 Å². The van der Waals surface area contributed by atoms with Crippen LogP contribution < -0.4 is 10.6 Å². The molecule has 1 saturated heterocycles. The Morgan fingerprint density at radius 3 is 2.64 bits per heavy atom. The maximum Gasteiger partial charge on any atom is 0.325 e. The molecule has 2 aromatic rings. The van der Waals surface area contributed by atoms with Gasteiger partial charge in [-0.1, -0.05) is 56.3 Å². The molecule has 2 aromatic carbocycles. The first-order chi connectivity index (χ1) is 13.4. The van der Waals surface area contributed by atoms with E-state index in [0.29, 0.717) is 12.1 Å². The number of hydrogen-bond acceptors (Lipinski definition) is 3. The number of benzene rings is 2.